The molecule has 1 heterocycles. The second kappa shape index (κ2) is 9.71. The van der Waals surface area contributed by atoms with E-state index in [0.29, 0.717) is 18.9 Å². The Labute approximate surface area is 139 Å². The molecule has 0 radical (unpaired) electrons. The fourth-order valence-electron chi connectivity index (χ4n) is 2.64. The molecule has 0 spiro atoms. The molecule has 1 aliphatic carbocycles. The highest BCUT2D eigenvalue weighted by Gasteiger charge is 2.27. The summed E-state index contributed by atoms with van der Waals surface area (Å²) in [4.78, 5) is 11.9. The molecule has 5 heteroatoms. The third-order valence-corrected chi connectivity index (χ3v) is 4.28. The van der Waals surface area contributed by atoms with Gasteiger partial charge in [0, 0.05) is 25.6 Å². The molecule has 1 N–H and O–H groups in total. The van der Waals surface area contributed by atoms with Crippen LogP contribution in [0.15, 0.2) is 6.07 Å². The lowest BCUT2D eigenvalue weighted by atomic mass is 10.1. The van der Waals surface area contributed by atoms with Gasteiger partial charge in [0.15, 0.2) is 0 Å². The first-order valence-electron chi connectivity index (χ1n) is 9.12. The smallest absolute Gasteiger partial charge is 0.227 e. The zero-order chi connectivity index (χ0) is 16.5. The number of carbonyl (C=O) groups is 1. The van der Waals surface area contributed by atoms with Crippen LogP contribution < -0.4 is 5.32 Å². The van der Waals surface area contributed by atoms with E-state index in [9.17, 15) is 4.79 Å². The van der Waals surface area contributed by atoms with Crippen molar-refractivity contribution >= 4 is 11.7 Å². The van der Waals surface area contributed by atoms with Crippen molar-refractivity contribution in [2.24, 2.45) is 7.05 Å². The summed E-state index contributed by atoms with van der Waals surface area (Å²) in [7, 11) is 1.87. The molecule has 0 aromatic carbocycles. The van der Waals surface area contributed by atoms with Crippen molar-refractivity contribution in [3.05, 3.63) is 11.8 Å². The Morgan fingerprint density at radius 1 is 1.26 bits per heavy atom. The van der Waals surface area contributed by atoms with Crippen LogP contribution in [0.3, 0.4) is 0 Å². The van der Waals surface area contributed by atoms with Crippen molar-refractivity contribution in [3.63, 3.8) is 0 Å². The quantitative estimate of drug-likeness (QED) is 0.592. The lowest BCUT2D eigenvalue weighted by molar-refractivity contribution is -0.117. The molecular weight excluding hydrogens is 290 g/mol. The number of rotatable bonds is 12. The maximum Gasteiger partial charge on any atom is 0.227 e. The second-order valence-corrected chi connectivity index (χ2v) is 6.53. The maximum absolute atomic E-state index is 11.9. The lowest BCUT2D eigenvalue weighted by Gasteiger charge is -2.06. The number of ether oxygens (including phenoxy) is 1. The lowest BCUT2D eigenvalue weighted by Crippen LogP contribution is -2.16. The van der Waals surface area contributed by atoms with Gasteiger partial charge in [0.1, 0.15) is 5.82 Å². The number of amides is 1. The number of hydrogen-bond acceptors (Lipinski definition) is 3. The normalized spacial score (nSPS) is 14.2. The van der Waals surface area contributed by atoms with Crippen LogP contribution in [-0.2, 0) is 16.6 Å². The maximum atomic E-state index is 11.9. The monoisotopic (exact) mass is 321 g/mol. The highest BCUT2D eigenvalue weighted by molar-refractivity contribution is 5.89. The number of anilines is 1. The fourth-order valence-corrected chi connectivity index (χ4v) is 2.64. The number of nitrogens with one attached hydrogen (secondary N) is 1. The zero-order valence-electron chi connectivity index (χ0n) is 14.6. The van der Waals surface area contributed by atoms with E-state index in [1.807, 2.05) is 13.1 Å². The van der Waals surface area contributed by atoms with Gasteiger partial charge in [-0.1, -0.05) is 39.0 Å². The van der Waals surface area contributed by atoms with Crippen LogP contribution in [0.25, 0.3) is 0 Å². The van der Waals surface area contributed by atoms with Crippen molar-refractivity contribution in [1.82, 2.24) is 9.78 Å². The van der Waals surface area contributed by atoms with Crippen LogP contribution in [-0.4, -0.2) is 28.9 Å². The Kier molecular flexibility index (Phi) is 7.59. The predicted octanol–water partition coefficient (Wildman–Crippen LogP) is 4.00. The van der Waals surface area contributed by atoms with Gasteiger partial charge in [0.05, 0.1) is 18.7 Å². The molecule has 1 amide bonds. The second-order valence-electron chi connectivity index (χ2n) is 6.53. The molecule has 0 unspecified atom stereocenters. The topological polar surface area (TPSA) is 56.1 Å². The van der Waals surface area contributed by atoms with E-state index in [0.717, 1.165) is 24.5 Å². The Bertz CT molecular complexity index is 481. The molecule has 0 saturated heterocycles. The molecular formula is C18H31N3O2. The van der Waals surface area contributed by atoms with Gasteiger partial charge in [0.25, 0.3) is 0 Å². The number of hydrogen-bond donors (Lipinski definition) is 1. The third kappa shape index (κ3) is 6.73. The largest absolute Gasteiger partial charge is 0.381 e. The van der Waals surface area contributed by atoms with Crippen molar-refractivity contribution in [2.75, 3.05) is 18.5 Å². The van der Waals surface area contributed by atoms with Crippen molar-refractivity contribution in [3.8, 4) is 0 Å². The molecule has 23 heavy (non-hydrogen) atoms. The Morgan fingerprint density at radius 3 is 2.74 bits per heavy atom. The van der Waals surface area contributed by atoms with Gasteiger partial charge in [-0.15, -0.1) is 0 Å². The van der Waals surface area contributed by atoms with Gasteiger partial charge in [-0.25, -0.2) is 0 Å². The summed E-state index contributed by atoms with van der Waals surface area (Å²) in [5.41, 5.74) is 1.10. The van der Waals surface area contributed by atoms with Gasteiger partial charge < -0.3 is 10.1 Å². The van der Waals surface area contributed by atoms with E-state index in [1.165, 1.54) is 44.9 Å². The van der Waals surface area contributed by atoms with Crippen molar-refractivity contribution in [2.45, 2.75) is 70.6 Å². The molecule has 1 fully saturated rings. The summed E-state index contributed by atoms with van der Waals surface area (Å²) in [6.07, 6.45) is 10.4. The van der Waals surface area contributed by atoms with E-state index in [2.05, 4.69) is 17.3 Å². The first-order chi connectivity index (χ1) is 11.2. The van der Waals surface area contributed by atoms with Crippen LogP contribution >= 0.6 is 0 Å². The minimum atomic E-state index is -0.00158. The zero-order valence-corrected chi connectivity index (χ0v) is 14.6. The molecule has 1 saturated carbocycles. The highest BCUT2D eigenvalue weighted by atomic mass is 16.5. The van der Waals surface area contributed by atoms with Crippen LogP contribution in [0.2, 0.25) is 0 Å². The van der Waals surface area contributed by atoms with Crippen molar-refractivity contribution < 1.29 is 9.53 Å². The Hall–Kier alpha value is -1.36. The average Bonchev–Trinajstić information content (AvgIpc) is 3.31. The molecule has 0 aliphatic heterocycles. The molecule has 5 nitrogen and oxygen atoms in total. The SMILES string of the molecule is CCCCCCCCOCCC(=O)Nc1cc(C2CC2)nn1C. The van der Waals surface area contributed by atoms with E-state index < -0.39 is 0 Å². The average molecular weight is 321 g/mol. The summed E-state index contributed by atoms with van der Waals surface area (Å²) < 4.78 is 7.30. The van der Waals surface area contributed by atoms with Gasteiger partial charge in [-0.05, 0) is 19.3 Å². The number of nitrogens with zero attached hydrogens (tertiary/aromatic N) is 2. The Balaban J connectivity index is 1.52. The molecule has 130 valence electrons. The molecule has 0 bridgehead atoms. The third-order valence-electron chi connectivity index (χ3n) is 4.28. The molecule has 2 rings (SSSR count). The molecule has 1 aromatic rings. The highest BCUT2D eigenvalue weighted by Crippen LogP contribution is 2.39. The van der Waals surface area contributed by atoms with Crippen LogP contribution in [0.5, 0.6) is 0 Å². The summed E-state index contributed by atoms with van der Waals surface area (Å²) in [6, 6.07) is 1.99. The van der Waals surface area contributed by atoms with Crippen LogP contribution in [0.1, 0.15) is 76.3 Å². The molecule has 1 aromatic heterocycles. The van der Waals surface area contributed by atoms with E-state index in [4.69, 9.17) is 4.74 Å². The van der Waals surface area contributed by atoms with Crippen molar-refractivity contribution in [1.29, 1.82) is 0 Å². The Morgan fingerprint density at radius 2 is 2.00 bits per heavy atom. The van der Waals surface area contributed by atoms with Crippen LogP contribution in [0.4, 0.5) is 5.82 Å². The fraction of sp³-hybridized carbons (Fsp3) is 0.778. The number of aryl methyl sites for hydroxylation is 1. The van der Waals surface area contributed by atoms with Gasteiger partial charge >= 0.3 is 0 Å². The summed E-state index contributed by atoms with van der Waals surface area (Å²) >= 11 is 0. The summed E-state index contributed by atoms with van der Waals surface area (Å²) in [6.45, 7) is 3.48. The summed E-state index contributed by atoms with van der Waals surface area (Å²) in [5.74, 6) is 1.39. The molecule has 0 atom stereocenters. The van der Waals surface area contributed by atoms with E-state index in [-0.39, 0.29) is 5.91 Å². The van der Waals surface area contributed by atoms with E-state index in [1.54, 1.807) is 4.68 Å². The van der Waals surface area contributed by atoms with Gasteiger partial charge in [0.2, 0.25) is 5.91 Å². The first-order valence-corrected chi connectivity index (χ1v) is 9.12. The van der Waals surface area contributed by atoms with Gasteiger partial charge in [-0.3, -0.25) is 9.48 Å². The van der Waals surface area contributed by atoms with Crippen LogP contribution in [0, 0.1) is 0 Å². The first kappa shape index (κ1) is 18.0. The predicted molar refractivity (Wildman–Crippen MR) is 92.6 cm³/mol. The number of carbonyl (C=O) groups excluding carboxylic acids is 1. The van der Waals surface area contributed by atoms with Gasteiger partial charge in [-0.2, -0.15) is 5.10 Å². The van der Waals surface area contributed by atoms with E-state index >= 15 is 0 Å². The minimum absolute atomic E-state index is 0.00158. The summed E-state index contributed by atoms with van der Waals surface area (Å²) in [5, 5.41) is 7.37. The minimum Gasteiger partial charge on any atom is -0.381 e. The standard InChI is InChI=1S/C18H31N3O2/c1-3-4-5-6-7-8-12-23-13-11-18(22)19-17-14-16(15-9-10-15)20-21(17)2/h14-15H,3-13H2,1-2H3,(H,19,22). The number of aromatic nitrogens is 2. The molecule has 1 aliphatic rings. The number of unbranched alkanes of at least 4 members (excludes halogenated alkanes) is 5.